The molecule has 0 spiro atoms. The summed E-state index contributed by atoms with van der Waals surface area (Å²) < 4.78 is 5.98. The van der Waals surface area contributed by atoms with Crippen molar-refractivity contribution in [2.45, 2.75) is 37.3 Å². The number of fused-ring (bicyclic) bond motifs is 1. The average Bonchev–Trinajstić information content (AvgIpc) is 3.08. The first kappa shape index (κ1) is 18.5. The molecule has 4 rings (SSSR count). The normalized spacial score (nSPS) is 20.6. The van der Waals surface area contributed by atoms with Crippen molar-refractivity contribution in [3.63, 3.8) is 0 Å². The van der Waals surface area contributed by atoms with E-state index < -0.39 is 6.10 Å². The topological polar surface area (TPSA) is 87.7 Å². The molecule has 2 unspecified atom stereocenters. The molecule has 2 atom stereocenters. The number of benzene rings is 2. The largest absolute Gasteiger partial charge is 0.486 e. The van der Waals surface area contributed by atoms with Gasteiger partial charge in [-0.3, -0.25) is 9.59 Å². The predicted molar refractivity (Wildman–Crippen MR) is 105 cm³/mol. The standard InChI is InChI=1S/C22H24N2O4/c1-23-22(27)17-11-14(21(26)24-15-8-5-9-15)10-16-19(13-6-3-2-4-7-13)18(12-25)28-20(16)17/h2-4,6-7,10-11,15,18-19,25H,5,8-9,12H2,1H3,(H,23,27)(H,24,26). The van der Waals surface area contributed by atoms with E-state index >= 15 is 0 Å². The summed E-state index contributed by atoms with van der Waals surface area (Å²) in [5, 5.41) is 15.5. The molecule has 1 heterocycles. The molecular weight excluding hydrogens is 356 g/mol. The number of hydrogen-bond donors (Lipinski definition) is 3. The number of nitrogens with one attached hydrogen (secondary N) is 2. The number of carbonyl (C=O) groups excluding carboxylic acids is 2. The lowest BCUT2D eigenvalue weighted by molar-refractivity contribution is 0.0917. The molecule has 6 nitrogen and oxygen atoms in total. The zero-order chi connectivity index (χ0) is 19.7. The maximum Gasteiger partial charge on any atom is 0.254 e. The third-order valence-corrected chi connectivity index (χ3v) is 5.61. The Morgan fingerprint density at radius 3 is 2.50 bits per heavy atom. The Morgan fingerprint density at radius 2 is 1.89 bits per heavy atom. The van der Waals surface area contributed by atoms with E-state index in [1.807, 2.05) is 30.3 Å². The summed E-state index contributed by atoms with van der Waals surface area (Å²) in [7, 11) is 1.54. The minimum absolute atomic E-state index is 0.183. The first-order chi connectivity index (χ1) is 13.6. The minimum Gasteiger partial charge on any atom is -0.486 e. The van der Waals surface area contributed by atoms with Gasteiger partial charge in [0, 0.05) is 24.2 Å². The summed E-state index contributed by atoms with van der Waals surface area (Å²) in [6.07, 6.45) is 2.59. The van der Waals surface area contributed by atoms with Crippen LogP contribution in [0.4, 0.5) is 0 Å². The Balaban J connectivity index is 1.80. The number of amides is 2. The van der Waals surface area contributed by atoms with Gasteiger partial charge in [0.2, 0.25) is 0 Å². The van der Waals surface area contributed by atoms with Crippen molar-refractivity contribution < 1.29 is 19.4 Å². The number of carbonyl (C=O) groups is 2. The second-order valence-corrected chi connectivity index (χ2v) is 7.35. The van der Waals surface area contributed by atoms with E-state index in [4.69, 9.17) is 4.74 Å². The van der Waals surface area contributed by atoms with Crippen LogP contribution in [0, 0.1) is 0 Å². The SMILES string of the molecule is CNC(=O)c1cc(C(=O)NC2CCC2)cc2c1OC(CO)C2c1ccccc1. The average molecular weight is 380 g/mol. The van der Waals surface area contributed by atoms with Gasteiger partial charge < -0.3 is 20.5 Å². The molecule has 2 aromatic carbocycles. The lowest BCUT2D eigenvalue weighted by Crippen LogP contribution is -2.39. The maximum absolute atomic E-state index is 12.8. The summed E-state index contributed by atoms with van der Waals surface area (Å²) >= 11 is 0. The van der Waals surface area contributed by atoms with Crippen LogP contribution in [-0.4, -0.2) is 42.7 Å². The van der Waals surface area contributed by atoms with Crippen LogP contribution in [-0.2, 0) is 0 Å². The smallest absolute Gasteiger partial charge is 0.254 e. The van der Waals surface area contributed by atoms with Crippen molar-refractivity contribution in [2.75, 3.05) is 13.7 Å². The highest BCUT2D eigenvalue weighted by Gasteiger charge is 2.38. The Hall–Kier alpha value is -2.86. The highest BCUT2D eigenvalue weighted by atomic mass is 16.5. The van der Waals surface area contributed by atoms with Gasteiger partial charge in [0.1, 0.15) is 11.9 Å². The van der Waals surface area contributed by atoms with E-state index in [1.165, 1.54) is 0 Å². The summed E-state index contributed by atoms with van der Waals surface area (Å²) in [6.45, 7) is -0.189. The van der Waals surface area contributed by atoms with Crippen LogP contribution in [0.25, 0.3) is 0 Å². The summed E-state index contributed by atoms with van der Waals surface area (Å²) in [4.78, 5) is 25.3. The Morgan fingerprint density at radius 1 is 1.14 bits per heavy atom. The van der Waals surface area contributed by atoms with Gasteiger partial charge in [-0.25, -0.2) is 0 Å². The lowest BCUT2D eigenvalue weighted by atomic mass is 9.86. The van der Waals surface area contributed by atoms with Gasteiger partial charge in [-0.1, -0.05) is 30.3 Å². The van der Waals surface area contributed by atoms with E-state index in [0.29, 0.717) is 16.9 Å². The molecule has 146 valence electrons. The van der Waals surface area contributed by atoms with Gasteiger partial charge in [0.25, 0.3) is 11.8 Å². The molecular formula is C22H24N2O4. The molecule has 1 fully saturated rings. The van der Waals surface area contributed by atoms with E-state index in [2.05, 4.69) is 10.6 Å². The fourth-order valence-electron chi connectivity index (χ4n) is 3.89. The number of aliphatic hydroxyl groups is 1. The first-order valence-corrected chi connectivity index (χ1v) is 9.65. The third kappa shape index (κ3) is 3.24. The van der Waals surface area contributed by atoms with Crippen LogP contribution in [0.3, 0.4) is 0 Å². The maximum atomic E-state index is 12.8. The number of aliphatic hydroxyl groups excluding tert-OH is 1. The monoisotopic (exact) mass is 380 g/mol. The molecule has 1 aliphatic heterocycles. The molecule has 0 saturated heterocycles. The lowest BCUT2D eigenvalue weighted by Gasteiger charge is -2.26. The van der Waals surface area contributed by atoms with Crippen LogP contribution < -0.4 is 15.4 Å². The van der Waals surface area contributed by atoms with Gasteiger partial charge in [-0.2, -0.15) is 0 Å². The van der Waals surface area contributed by atoms with Crippen molar-refractivity contribution >= 4 is 11.8 Å². The minimum atomic E-state index is -0.509. The zero-order valence-electron chi connectivity index (χ0n) is 15.8. The molecule has 0 aromatic heterocycles. The predicted octanol–water partition coefficient (Wildman–Crippen LogP) is 2.21. The van der Waals surface area contributed by atoms with Crippen LogP contribution in [0.15, 0.2) is 42.5 Å². The molecule has 28 heavy (non-hydrogen) atoms. The highest BCUT2D eigenvalue weighted by molar-refractivity contribution is 6.02. The van der Waals surface area contributed by atoms with Gasteiger partial charge in [0.05, 0.1) is 18.1 Å². The molecule has 0 bridgehead atoms. The van der Waals surface area contributed by atoms with Crippen molar-refractivity contribution in [1.82, 2.24) is 10.6 Å². The Kier molecular flexibility index (Phi) is 5.05. The molecule has 2 amide bonds. The third-order valence-electron chi connectivity index (χ3n) is 5.61. The second-order valence-electron chi connectivity index (χ2n) is 7.35. The molecule has 1 saturated carbocycles. The van der Waals surface area contributed by atoms with Crippen molar-refractivity contribution in [2.24, 2.45) is 0 Å². The molecule has 6 heteroatoms. The van der Waals surface area contributed by atoms with Crippen LogP contribution >= 0.6 is 0 Å². The molecule has 3 N–H and O–H groups in total. The number of hydrogen-bond acceptors (Lipinski definition) is 4. The molecule has 1 aliphatic carbocycles. The fraction of sp³-hybridized carbons (Fsp3) is 0.364. The molecule has 2 aliphatic rings. The van der Waals surface area contributed by atoms with E-state index in [9.17, 15) is 14.7 Å². The number of ether oxygens (including phenoxy) is 1. The molecule has 2 aromatic rings. The number of rotatable bonds is 5. The van der Waals surface area contributed by atoms with E-state index in [0.717, 1.165) is 30.4 Å². The van der Waals surface area contributed by atoms with Crippen LogP contribution in [0.2, 0.25) is 0 Å². The first-order valence-electron chi connectivity index (χ1n) is 9.65. The van der Waals surface area contributed by atoms with Gasteiger partial charge in [-0.15, -0.1) is 0 Å². The van der Waals surface area contributed by atoms with Crippen molar-refractivity contribution in [3.8, 4) is 5.75 Å². The van der Waals surface area contributed by atoms with Crippen LogP contribution in [0.5, 0.6) is 5.75 Å². The molecule has 0 radical (unpaired) electrons. The van der Waals surface area contributed by atoms with Gasteiger partial charge in [0.15, 0.2) is 0 Å². The summed E-state index contributed by atoms with van der Waals surface area (Å²) in [5.41, 5.74) is 2.48. The van der Waals surface area contributed by atoms with Crippen LogP contribution in [0.1, 0.15) is 57.0 Å². The quantitative estimate of drug-likeness (QED) is 0.742. The van der Waals surface area contributed by atoms with E-state index in [1.54, 1.807) is 19.2 Å². The van der Waals surface area contributed by atoms with Gasteiger partial charge >= 0.3 is 0 Å². The van der Waals surface area contributed by atoms with Crippen molar-refractivity contribution in [1.29, 1.82) is 0 Å². The fourth-order valence-corrected chi connectivity index (χ4v) is 3.89. The summed E-state index contributed by atoms with van der Waals surface area (Å²) in [6, 6.07) is 13.3. The Bertz CT molecular complexity index is 893. The summed E-state index contributed by atoms with van der Waals surface area (Å²) in [5.74, 6) is -0.314. The zero-order valence-corrected chi connectivity index (χ0v) is 15.8. The van der Waals surface area contributed by atoms with E-state index in [-0.39, 0.29) is 30.4 Å². The highest BCUT2D eigenvalue weighted by Crippen LogP contribution is 2.45. The Labute approximate surface area is 163 Å². The van der Waals surface area contributed by atoms with Gasteiger partial charge in [-0.05, 0) is 37.0 Å². The second kappa shape index (κ2) is 7.64. The van der Waals surface area contributed by atoms with Crippen molar-refractivity contribution in [3.05, 3.63) is 64.7 Å².